The van der Waals surface area contributed by atoms with Crippen molar-refractivity contribution in [2.24, 2.45) is 5.41 Å². The topological polar surface area (TPSA) is 69.6 Å². The quantitative estimate of drug-likeness (QED) is 0.854. The monoisotopic (exact) mass is 368 g/mol. The summed E-state index contributed by atoms with van der Waals surface area (Å²) in [4.78, 5) is 27.4. The highest BCUT2D eigenvalue weighted by Gasteiger charge is 2.45. The first kappa shape index (κ1) is 18.4. The smallest absolute Gasteiger partial charge is 0.227 e. The summed E-state index contributed by atoms with van der Waals surface area (Å²) in [7, 11) is 0. The highest BCUT2D eigenvalue weighted by Crippen LogP contribution is 2.38. The molecule has 27 heavy (non-hydrogen) atoms. The van der Waals surface area contributed by atoms with E-state index in [2.05, 4.69) is 5.32 Å². The molecule has 5 nitrogen and oxygen atoms in total. The molecule has 2 saturated heterocycles. The third-order valence-electron chi connectivity index (χ3n) is 6.60. The molecule has 1 aliphatic carbocycles. The SMILES string of the molecule is O=C1CCC(c2ccccc2)=C1CC(=O)N1CC[C@H]2NCCC[C@]2(CO)C1. The normalized spacial score (nSPS) is 28.4. The molecular formula is C22H28N2O3. The van der Waals surface area contributed by atoms with E-state index in [1.807, 2.05) is 35.2 Å². The molecule has 1 aromatic carbocycles. The summed E-state index contributed by atoms with van der Waals surface area (Å²) in [6.45, 7) is 2.37. The molecule has 0 unspecified atom stereocenters. The van der Waals surface area contributed by atoms with E-state index >= 15 is 0 Å². The number of nitrogens with one attached hydrogen (secondary N) is 1. The van der Waals surface area contributed by atoms with Crippen LogP contribution in [0.3, 0.4) is 0 Å². The number of Topliss-reactive ketones (excluding diaryl/α,β-unsaturated/α-hetero) is 1. The number of nitrogens with zero attached hydrogens (tertiary/aromatic N) is 1. The lowest BCUT2D eigenvalue weighted by Gasteiger charge is -2.50. The Labute approximate surface area is 160 Å². The molecule has 1 amide bonds. The van der Waals surface area contributed by atoms with Gasteiger partial charge in [0.05, 0.1) is 13.0 Å². The Balaban J connectivity index is 1.52. The van der Waals surface area contributed by atoms with Crippen LogP contribution in [0, 0.1) is 5.41 Å². The number of rotatable bonds is 4. The van der Waals surface area contributed by atoms with Crippen molar-refractivity contribution < 1.29 is 14.7 Å². The van der Waals surface area contributed by atoms with E-state index in [1.165, 1.54) is 0 Å². The largest absolute Gasteiger partial charge is 0.396 e. The second kappa shape index (κ2) is 7.56. The third kappa shape index (κ3) is 3.46. The van der Waals surface area contributed by atoms with Crippen molar-refractivity contribution in [3.8, 4) is 0 Å². The maximum atomic E-state index is 13.0. The molecule has 0 saturated carbocycles. The summed E-state index contributed by atoms with van der Waals surface area (Å²) < 4.78 is 0. The number of hydrogen-bond acceptors (Lipinski definition) is 4. The van der Waals surface area contributed by atoms with E-state index in [-0.39, 0.29) is 36.2 Å². The van der Waals surface area contributed by atoms with Crippen molar-refractivity contribution in [3.63, 3.8) is 0 Å². The van der Waals surface area contributed by atoms with Crippen LogP contribution in [0.2, 0.25) is 0 Å². The van der Waals surface area contributed by atoms with Gasteiger partial charge in [-0.15, -0.1) is 0 Å². The van der Waals surface area contributed by atoms with Gasteiger partial charge in [0, 0.05) is 36.5 Å². The van der Waals surface area contributed by atoms with Crippen LogP contribution >= 0.6 is 0 Å². The molecule has 2 fully saturated rings. The van der Waals surface area contributed by atoms with Crippen LogP contribution in [-0.4, -0.2) is 54.0 Å². The lowest BCUT2D eigenvalue weighted by molar-refractivity contribution is -0.137. The van der Waals surface area contributed by atoms with Gasteiger partial charge >= 0.3 is 0 Å². The second-order valence-electron chi connectivity index (χ2n) is 8.16. The number of aliphatic hydroxyl groups excluding tert-OH is 1. The van der Waals surface area contributed by atoms with Gasteiger partial charge in [0.25, 0.3) is 0 Å². The highest BCUT2D eigenvalue weighted by molar-refractivity contribution is 6.10. The van der Waals surface area contributed by atoms with Crippen molar-refractivity contribution in [1.29, 1.82) is 0 Å². The lowest BCUT2D eigenvalue weighted by Crippen LogP contribution is -2.62. The molecule has 4 rings (SSSR count). The molecular weight excluding hydrogens is 340 g/mol. The van der Waals surface area contributed by atoms with Gasteiger partial charge < -0.3 is 15.3 Å². The Morgan fingerprint density at radius 3 is 2.85 bits per heavy atom. The molecule has 144 valence electrons. The summed E-state index contributed by atoms with van der Waals surface area (Å²) in [6.07, 6.45) is 4.24. The fourth-order valence-corrected chi connectivity index (χ4v) is 5.04. The lowest BCUT2D eigenvalue weighted by atomic mass is 9.70. The molecule has 2 heterocycles. The molecule has 0 spiro atoms. The Morgan fingerprint density at radius 1 is 1.26 bits per heavy atom. The maximum absolute atomic E-state index is 13.0. The molecule has 2 aliphatic heterocycles. The standard InChI is InChI=1S/C22H28N2O3/c25-15-22-10-4-11-23-20(22)9-12-24(14-22)21(27)13-18-17(7-8-19(18)26)16-5-2-1-3-6-16/h1-3,5-6,20,23,25H,4,7-15H2/t20-,22-/m1/s1. The predicted octanol–water partition coefficient (Wildman–Crippen LogP) is 2.16. The van der Waals surface area contributed by atoms with Crippen molar-refractivity contribution in [1.82, 2.24) is 10.2 Å². The van der Waals surface area contributed by atoms with Gasteiger partial charge in [0.1, 0.15) is 0 Å². The number of carbonyl (C=O) groups excluding carboxylic acids is 2. The molecule has 5 heteroatoms. The molecule has 0 aromatic heterocycles. The molecule has 3 aliphatic rings. The number of aliphatic hydroxyl groups is 1. The van der Waals surface area contributed by atoms with E-state index in [1.54, 1.807) is 0 Å². The van der Waals surface area contributed by atoms with Gasteiger partial charge in [-0.25, -0.2) is 0 Å². The van der Waals surface area contributed by atoms with E-state index in [9.17, 15) is 14.7 Å². The first-order chi connectivity index (χ1) is 13.1. The maximum Gasteiger partial charge on any atom is 0.227 e. The van der Waals surface area contributed by atoms with Crippen molar-refractivity contribution >= 4 is 17.3 Å². The minimum absolute atomic E-state index is 0.0190. The summed E-state index contributed by atoms with van der Waals surface area (Å²) in [5.74, 6) is 0.124. The number of fused-ring (bicyclic) bond motifs is 1. The van der Waals surface area contributed by atoms with Crippen molar-refractivity contribution in [2.45, 2.75) is 44.6 Å². The molecule has 2 atom stereocenters. The van der Waals surface area contributed by atoms with Crippen LogP contribution in [0.5, 0.6) is 0 Å². The minimum atomic E-state index is -0.234. The van der Waals surface area contributed by atoms with Crippen LogP contribution in [0.1, 0.15) is 44.1 Å². The van der Waals surface area contributed by atoms with E-state index in [0.29, 0.717) is 25.1 Å². The summed E-state index contributed by atoms with van der Waals surface area (Å²) >= 11 is 0. The highest BCUT2D eigenvalue weighted by atomic mass is 16.3. The molecule has 1 aromatic rings. The van der Waals surface area contributed by atoms with E-state index < -0.39 is 0 Å². The van der Waals surface area contributed by atoms with Gasteiger partial charge in [0.2, 0.25) is 5.91 Å². The van der Waals surface area contributed by atoms with Crippen LogP contribution in [-0.2, 0) is 9.59 Å². The molecule has 0 bridgehead atoms. The Morgan fingerprint density at radius 2 is 2.07 bits per heavy atom. The number of likely N-dealkylation sites (tertiary alicyclic amines) is 1. The zero-order valence-corrected chi connectivity index (χ0v) is 15.7. The van der Waals surface area contributed by atoms with Gasteiger partial charge in [-0.1, -0.05) is 30.3 Å². The minimum Gasteiger partial charge on any atom is -0.396 e. The van der Waals surface area contributed by atoms with Crippen molar-refractivity contribution in [2.75, 3.05) is 26.2 Å². The zero-order valence-electron chi connectivity index (χ0n) is 15.7. The average molecular weight is 368 g/mol. The van der Waals surface area contributed by atoms with Gasteiger partial charge in [-0.2, -0.15) is 0 Å². The van der Waals surface area contributed by atoms with E-state index in [4.69, 9.17) is 0 Å². The van der Waals surface area contributed by atoms with Gasteiger partial charge in [0.15, 0.2) is 5.78 Å². The first-order valence-corrected chi connectivity index (χ1v) is 10.1. The fourth-order valence-electron chi connectivity index (χ4n) is 5.04. The fraction of sp³-hybridized carbons (Fsp3) is 0.545. The number of hydrogen-bond donors (Lipinski definition) is 2. The van der Waals surface area contributed by atoms with Crippen LogP contribution < -0.4 is 5.32 Å². The van der Waals surface area contributed by atoms with E-state index in [0.717, 1.165) is 43.4 Å². The Bertz CT molecular complexity index is 758. The Hall–Kier alpha value is -1.98. The average Bonchev–Trinajstić information content (AvgIpc) is 3.08. The number of carbonyl (C=O) groups is 2. The van der Waals surface area contributed by atoms with Gasteiger partial charge in [-0.05, 0) is 43.4 Å². The first-order valence-electron chi connectivity index (χ1n) is 10.1. The third-order valence-corrected chi connectivity index (χ3v) is 6.60. The molecule has 0 radical (unpaired) electrons. The number of allylic oxidation sites excluding steroid dienone is 1. The van der Waals surface area contributed by atoms with Crippen LogP contribution in [0.25, 0.3) is 5.57 Å². The van der Waals surface area contributed by atoms with Crippen LogP contribution in [0.15, 0.2) is 35.9 Å². The van der Waals surface area contributed by atoms with Gasteiger partial charge in [-0.3, -0.25) is 9.59 Å². The second-order valence-corrected chi connectivity index (χ2v) is 8.16. The predicted molar refractivity (Wildman–Crippen MR) is 104 cm³/mol. The number of ketones is 1. The number of piperidine rings is 2. The number of benzene rings is 1. The summed E-state index contributed by atoms with van der Waals surface area (Å²) in [5.41, 5.74) is 2.53. The molecule has 2 N–H and O–H groups in total. The van der Waals surface area contributed by atoms with Crippen LogP contribution in [0.4, 0.5) is 0 Å². The Kier molecular flexibility index (Phi) is 5.15. The summed E-state index contributed by atoms with van der Waals surface area (Å²) in [5, 5.41) is 13.6. The van der Waals surface area contributed by atoms with Crippen molar-refractivity contribution in [3.05, 3.63) is 41.5 Å². The number of amides is 1. The summed E-state index contributed by atoms with van der Waals surface area (Å²) in [6, 6.07) is 10.2. The zero-order chi connectivity index (χ0) is 18.9.